The maximum atomic E-state index is 11.0. The first-order valence-corrected chi connectivity index (χ1v) is 11.2. The van der Waals surface area contributed by atoms with Gasteiger partial charge in [-0.25, -0.2) is 14.5 Å². The van der Waals surface area contributed by atoms with Crippen molar-refractivity contribution < 1.29 is 14.9 Å². The molecule has 35 heavy (non-hydrogen) atoms. The Kier molecular flexibility index (Phi) is 4.08. The maximum Gasteiger partial charge on any atom is 0.228 e. The summed E-state index contributed by atoms with van der Waals surface area (Å²) in [5.74, 6) is 1.39. The van der Waals surface area contributed by atoms with Gasteiger partial charge >= 0.3 is 0 Å². The Bertz CT molecular complexity index is 1760. The molecule has 1 aliphatic rings. The number of benzene rings is 4. The van der Waals surface area contributed by atoms with E-state index in [-0.39, 0.29) is 17.4 Å². The van der Waals surface area contributed by atoms with E-state index in [2.05, 4.69) is 10.1 Å². The summed E-state index contributed by atoms with van der Waals surface area (Å²) in [5.41, 5.74) is 3.84. The lowest BCUT2D eigenvalue weighted by atomic mass is 9.84. The SMILES string of the molecule is Oc1ccc2c(c1)Oc1ncn3nc(-c4ccc5ccccc5c4O)nc3c1[C@H]2c1ccccc1. The molecule has 0 spiro atoms. The molecule has 0 bridgehead atoms. The third kappa shape index (κ3) is 2.95. The van der Waals surface area contributed by atoms with Gasteiger partial charge in [-0.15, -0.1) is 5.10 Å². The highest BCUT2D eigenvalue weighted by atomic mass is 16.5. The molecule has 0 unspecified atom stereocenters. The van der Waals surface area contributed by atoms with Crippen LogP contribution in [-0.4, -0.2) is 29.8 Å². The quantitative estimate of drug-likeness (QED) is 0.348. The van der Waals surface area contributed by atoms with Crippen molar-refractivity contribution in [3.63, 3.8) is 0 Å². The van der Waals surface area contributed by atoms with Crippen LogP contribution in [0.3, 0.4) is 0 Å². The monoisotopic (exact) mass is 458 g/mol. The van der Waals surface area contributed by atoms with E-state index in [0.717, 1.165) is 27.5 Å². The van der Waals surface area contributed by atoms with Crippen LogP contribution in [0.4, 0.5) is 0 Å². The van der Waals surface area contributed by atoms with Crippen LogP contribution in [0, 0.1) is 0 Å². The van der Waals surface area contributed by atoms with E-state index in [0.29, 0.717) is 28.7 Å². The minimum absolute atomic E-state index is 0.122. The molecule has 1 atom stereocenters. The minimum atomic E-state index is -0.228. The van der Waals surface area contributed by atoms with E-state index in [1.807, 2.05) is 72.8 Å². The van der Waals surface area contributed by atoms with E-state index in [4.69, 9.17) is 9.72 Å². The first-order valence-electron chi connectivity index (χ1n) is 11.2. The average molecular weight is 458 g/mol. The average Bonchev–Trinajstić information content (AvgIpc) is 3.32. The van der Waals surface area contributed by atoms with Crippen LogP contribution >= 0.6 is 0 Å². The summed E-state index contributed by atoms with van der Waals surface area (Å²) in [4.78, 5) is 9.38. The summed E-state index contributed by atoms with van der Waals surface area (Å²) in [6, 6.07) is 26.6. The molecule has 6 aromatic rings. The molecule has 7 rings (SSSR count). The first kappa shape index (κ1) is 19.5. The molecule has 3 heterocycles. The van der Waals surface area contributed by atoms with E-state index in [1.54, 1.807) is 23.0 Å². The second kappa shape index (κ2) is 7.30. The van der Waals surface area contributed by atoms with Crippen molar-refractivity contribution in [3.05, 3.63) is 108 Å². The van der Waals surface area contributed by atoms with Gasteiger partial charge in [-0.1, -0.05) is 66.7 Å². The zero-order valence-electron chi connectivity index (χ0n) is 18.3. The van der Waals surface area contributed by atoms with E-state index in [1.165, 1.54) is 0 Å². The number of fused-ring (bicyclic) bond motifs is 5. The number of hydrogen-bond acceptors (Lipinski definition) is 6. The smallest absolute Gasteiger partial charge is 0.228 e. The van der Waals surface area contributed by atoms with Gasteiger partial charge in [0, 0.05) is 22.9 Å². The van der Waals surface area contributed by atoms with Gasteiger partial charge in [0.1, 0.15) is 23.6 Å². The van der Waals surface area contributed by atoms with Gasteiger partial charge in [0.2, 0.25) is 5.88 Å². The molecule has 0 saturated carbocycles. The number of rotatable bonds is 2. The summed E-state index contributed by atoms with van der Waals surface area (Å²) in [5, 5.41) is 27.4. The molecule has 2 N–H and O–H groups in total. The lowest BCUT2D eigenvalue weighted by molar-refractivity contribution is 0.422. The molecule has 0 fully saturated rings. The molecular weight excluding hydrogens is 440 g/mol. The van der Waals surface area contributed by atoms with Crippen LogP contribution < -0.4 is 4.74 Å². The molecule has 7 heteroatoms. The third-order valence-electron chi connectivity index (χ3n) is 6.46. The molecule has 0 aliphatic carbocycles. The summed E-state index contributed by atoms with van der Waals surface area (Å²) >= 11 is 0. The van der Waals surface area contributed by atoms with Crippen LogP contribution in [-0.2, 0) is 0 Å². The van der Waals surface area contributed by atoms with Crippen LogP contribution in [0.25, 0.3) is 27.8 Å². The van der Waals surface area contributed by atoms with Crippen molar-refractivity contribution in [1.82, 2.24) is 19.6 Å². The molecule has 4 aromatic carbocycles. The lowest BCUT2D eigenvalue weighted by Crippen LogP contribution is -2.14. The Balaban J connectivity index is 1.47. The van der Waals surface area contributed by atoms with Crippen molar-refractivity contribution in [2.24, 2.45) is 0 Å². The van der Waals surface area contributed by atoms with E-state index >= 15 is 0 Å². The van der Waals surface area contributed by atoms with Gasteiger partial charge in [-0.2, -0.15) is 0 Å². The standard InChI is InChI=1S/C28H18N4O3/c33-18-11-13-20-22(14-18)35-28-24(23(20)17-7-2-1-3-8-17)27-30-26(31-32(27)15-29-28)21-12-10-16-6-4-5-9-19(16)25(21)34/h1-15,23,33-34H/t23-/m0/s1. The predicted molar refractivity (Wildman–Crippen MR) is 131 cm³/mol. The molecule has 7 nitrogen and oxygen atoms in total. The topological polar surface area (TPSA) is 92.8 Å². The molecule has 0 saturated heterocycles. The Hall–Kier alpha value is -4.91. The molecule has 1 aliphatic heterocycles. The molecule has 0 radical (unpaired) electrons. The predicted octanol–water partition coefficient (Wildman–Crippen LogP) is 5.64. The number of aromatic hydroxyl groups is 2. The third-order valence-corrected chi connectivity index (χ3v) is 6.46. The molecule has 2 aromatic heterocycles. The van der Waals surface area contributed by atoms with Crippen LogP contribution in [0.1, 0.15) is 22.6 Å². The number of ether oxygens (including phenoxy) is 1. The fourth-order valence-electron chi connectivity index (χ4n) is 4.84. The van der Waals surface area contributed by atoms with E-state index in [9.17, 15) is 10.2 Å². The van der Waals surface area contributed by atoms with Crippen LogP contribution in [0.2, 0.25) is 0 Å². The Morgan fingerprint density at radius 1 is 0.857 bits per heavy atom. The van der Waals surface area contributed by atoms with E-state index < -0.39 is 0 Å². The van der Waals surface area contributed by atoms with Crippen molar-refractivity contribution in [3.8, 4) is 34.5 Å². The van der Waals surface area contributed by atoms with Crippen LogP contribution in [0.15, 0.2) is 91.3 Å². The fourth-order valence-corrected chi connectivity index (χ4v) is 4.84. The Morgan fingerprint density at radius 3 is 2.57 bits per heavy atom. The fraction of sp³-hybridized carbons (Fsp3) is 0.0357. The number of phenols is 2. The normalized spacial score (nSPS) is 14.5. The van der Waals surface area contributed by atoms with Crippen molar-refractivity contribution >= 4 is 16.4 Å². The minimum Gasteiger partial charge on any atom is -0.508 e. The van der Waals surface area contributed by atoms with Crippen molar-refractivity contribution in [2.45, 2.75) is 5.92 Å². The summed E-state index contributed by atoms with van der Waals surface area (Å²) in [7, 11) is 0. The molecule has 168 valence electrons. The second-order valence-corrected chi connectivity index (χ2v) is 8.52. The van der Waals surface area contributed by atoms with Gasteiger partial charge in [0.25, 0.3) is 0 Å². The number of phenolic OH excluding ortho intramolecular Hbond substituents is 2. The van der Waals surface area contributed by atoms with Gasteiger partial charge in [0.15, 0.2) is 11.5 Å². The van der Waals surface area contributed by atoms with Gasteiger partial charge in [-0.05, 0) is 23.1 Å². The second-order valence-electron chi connectivity index (χ2n) is 8.52. The maximum absolute atomic E-state index is 11.0. The first-order chi connectivity index (χ1) is 17.2. The zero-order chi connectivity index (χ0) is 23.5. The van der Waals surface area contributed by atoms with Gasteiger partial charge in [-0.3, -0.25) is 0 Å². The Morgan fingerprint density at radius 2 is 1.69 bits per heavy atom. The summed E-state index contributed by atoms with van der Waals surface area (Å²) in [6.07, 6.45) is 1.55. The highest BCUT2D eigenvalue weighted by Crippen LogP contribution is 2.48. The van der Waals surface area contributed by atoms with Crippen LogP contribution in [0.5, 0.6) is 23.1 Å². The van der Waals surface area contributed by atoms with Gasteiger partial charge in [0.05, 0.1) is 11.1 Å². The highest BCUT2D eigenvalue weighted by molar-refractivity contribution is 5.93. The van der Waals surface area contributed by atoms with Crippen molar-refractivity contribution in [2.75, 3.05) is 0 Å². The highest BCUT2D eigenvalue weighted by Gasteiger charge is 2.33. The number of hydrogen-bond donors (Lipinski definition) is 2. The summed E-state index contributed by atoms with van der Waals surface area (Å²) in [6.45, 7) is 0. The summed E-state index contributed by atoms with van der Waals surface area (Å²) < 4.78 is 7.73. The molecule has 0 amide bonds. The van der Waals surface area contributed by atoms with Crippen molar-refractivity contribution in [1.29, 1.82) is 0 Å². The van der Waals surface area contributed by atoms with Gasteiger partial charge < -0.3 is 14.9 Å². The zero-order valence-corrected chi connectivity index (χ0v) is 18.3. The largest absolute Gasteiger partial charge is 0.508 e. The lowest BCUT2D eigenvalue weighted by Gasteiger charge is -2.27. The number of aromatic nitrogens is 4. The molecular formula is C28H18N4O3. The Labute approximate surface area is 199 Å². The number of nitrogens with zero attached hydrogens (tertiary/aromatic N) is 4.